The lowest BCUT2D eigenvalue weighted by molar-refractivity contribution is -0.213. The van der Waals surface area contributed by atoms with E-state index in [9.17, 15) is 9.90 Å². The highest BCUT2D eigenvalue weighted by molar-refractivity contribution is 6.74. The van der Waals surface area contributed by atoms with E-state index in [1.807, 2.05) is 6.92 Å². The molecule has 0 bridgehead atoms. The topological polar surface area (TPSA) is 55.8 Å². The zero-order valence-electron chi connectivity index (χ0n) is 14.7. The van der Waals surface area contributed by atoms with Gasteiger partial charge in [0.25, 0.3) is 0 Å². The van der Waals surface area contributed by atoms with E-state index in [1.54, 1.807) is 6.08 Å². The molecule has 0 saturated heterocycles. The Hall–Kier alpha value is -0.753. The number of carbonyl (C=O) groups excluding carboxylic acids is 1. The molecule has 1 aliphatic rings. The van der Waals surface area contributed by atoms with Crippen LogP contribution < -0.4 is 0 Å². The van der Waals surface area contributed by atoms with Crippen LogP contribution in [0.2, 0.25) is 18.1 Å². The lowest BCUT2D eigenvalue weighted by Crippen LogP contribution is -2.46. The van der Waals surface area contributed by atoms with Gasteiger partial charge in [0.15, 0.2) is 19.9 Å². The molecule has 1 heterocycles. The molecule has 0 amide bonds. The van der Waals surface area contributed by atoms with E-state index < -0.39 is 20.2 Å². The van der Waals surface area contributed by atoms with Crippen LogP contribution in [-0.4, -0.2) is 37.7 Å². The van der Waals surface area contributed by atoms with Gasteiger partial charge in [0.2, 0.25) is 0 Å². The second-order valence-electron chi connectivity index (χ2n) is 7.57. The Kier molecular flexibility index (Phi) is 5.95. The Morgan fingerprint density at radius 1 is 1.55 bits per heavy atom. The fourth-order valence-electron chi connectivity index (χ4n) is 1.93. The van der Waals surface area contributed by atoms with E-state index in [2.05, 4.69) is 40.4 Å². The Morgan fingerprint density at radius 2 is 2.14 bits per heavy atom. The molecule has 0 aliphatic carbocycles. The SMILES string of the molecule is C=C[C@@H](C)[C@@H]1OC(O)(CCO[Si](C)(C)C(C)(C)C)C=CC1=O. The molecule has 0 radical (unpaired) electrons. The van der Waals surface area contributed by atoms with Gasteiger partial charge >= 0.3 is 0 Å². The molecule has 1 aliphatic heterocycles. The maximum absolute atomic E-state index is 11.9. The quantitative estimate of drug-likeness (QED) is 0.600. The van der Waals surface area contributed by atoms with Gasteiger partial charge < -0.3 is 14.3 Å². The summed E-state index contributed by atoms with van der Waals surface area (Å²) in [6.07, 6.45) is 4.12. The van der Waals surface area contributed by atoms with Crippen LogP contribution >= 0.6 is 0 Å². The number of aliphatic hydroxyl groups is 1. The number of rotatable bonds is 6. The van der Waals surface area contributed by atoms with Gasteiger partial charge in [-0.05, 0) is 30.3 Å². The van der Waals surface area contributed by atoms with Crippen molar-refractivity contribution >= 4 is 14.1 Å². The molecule has 3 atom stereocenters. The first-order chi connectivity index (χ1) is 9.92. The van der Waals surface area contributed by atoms with Gasteiger partial charge in [-0.2, -0.15) is 0 Å². The molecular formula is C17H30O4Si. The molecule has 1 N–H and O–H groups in total. The van der Waals surface area contributed by atoms with Gasteiger partial charge in [-0.25, -0.2) is 0 Å². The number of hydrogen-bond acceptors (Lipinski definition) is 4. The number of carbonyl (C=O) groups is 1. The van der Waals surface area contributed by atoms with E-state index in [4.69, 9.17) is 9.16 Å². The van der Waals surface area contributed by atoms with E-state index in [1.165, 1.54) is 12.2 Å². The van der Waals surface area contributed by atoms with Gasteiger partial charge in [0, 0.05) is 18.9 Å². The van der Waals surface area contributed by atoms with E-state index in [-0.39, 0.29) is 16.7 Å². The minimum absolute atomic E-state index is 0.120. The van der Waals surface area contributed by atoms with Crippen LogP contribution in [0.4, 0.5) is 0 Å². The number of ketones is 1. The highest BCUT2D eigenvalue weighted by Gasteiger charge is 2.40. The zero-order valence-corrected chi connectivity index (χ0v) is 15.7. The molecule has 0 spiro atoms. The maximum Gasteiger partial charge on any atom is 0.191 e. The number of hydrogen-bond donors (Lipinski definition) is 1. The fourth-order valence-corrected chi connectivity index (χ4v) is 2.97. The molecule has 0 fully saturated rings. The van der Waals surface area contributed by atoms with Crippen molar-refractivity contribution in [3.8, 4) is 0 Å². The molecule has 22 heavy (non-hydrogen) atoms. The van der Waals surface area contributed by atoms with Crippen molar-refractivity contribution in [3.63, 3.8) is 0 Å². The monoisotopic (exact) mass is 326 g/mol. The molecule has 126 valence electrons. The summed E-state index contributed by atoms with van der Waals surface area (Å²) < 4.78 is 11.7. The standard InChI is InChI=1S/C17H30O4Si/c1-8-13(2)15-14(18)9-10-17(19,21-15)11-12-20-22(6,7)16(3,4)5/h8-10,13,15,19H,1,11-12H2,2-7H3/t13-,15+,17?/m1/s1. The summed E-state index contributed by atoms with van der Waals surface area (Å²) in [5.74, 6) is -1.73. The summed E-state index contributed by atoms with van der Waals surface area (Å²) in [5.41, 5.74) is 0. The predicted molar refractivity (Wildman–Crippen MR) is 91.1 cm³/mol. The van der Waals surface area contributed by atoms with Crippen LogP contribution in [-0.2, 0) is 14.0 Å². The second kappa shape index (κ2) is 6.79. The minimum atomic E-state index is -1.86. The summed E-state index contributed by atoms with van der Waals surface area (Å²) in [7, 11) is -1.86. The van der Waals surface area contributed by atoms with Crippen LogP contribution in [0.5, 0.6) is 0 Å². The molecule has 0 aromatic heterocycles. The fraction of sp³-hybridized carbons (Fsp3) is 0.706. The lowest BCUT2D eigenvalue weighted by Gasteiger charge is -2.38. The highest BCUT2D eigenvalue weighted by Crippen LogP contribution is 2.37. The lowest BCUT2D eigenvalue weighted by atomic mass is 9.96. The summed E-state index contributed by atoms with van der Waals surface area (Å²) in [4.78, 5) is 11.9. The summed E-state index contributed by atoms with van der Waals surface area (Å²) >= 11 is 0. The summed E-state index contributed by atoms with van der Waals surface area (Å²) in [6.45, 7) is 16.8. The first kappa shape index (κ1) is 19.3. The van der Waals surface area contributed by atoms with E-state index in [0.717, 1.165) is 0 Å². The first-order valence-electron chi connectivity index (χ1n) is 7.82. The molecule has 1 unspecified atom stereocenters. The van der Waals surface area contributed by atoms with E-state index in [0.29, 0.717) is 13.0 Å². The van der Waals surface area contributed by atoms with Crippen molar-refractivity contribution in [1.29, 1.82) is 0 Å². The van der Waals surface area contributed by atoms with Crippen LogP contribution in [0.1, 0.15) is 34.1 Å². The van der Waals surface area contributed by atoms with Gasteiger partial charge in [-0.15, -0.1) is 6.58 Å². The van der Waals surface area contributed by atoms with Crippen LogP contribution in [0.15, 0.2) is 24.8 Å². The highest BCUT2D eigenvalue weighted by atomic mass is 28.4. The molecule has 4 nitrogen and oxygen atoms in total. The smallest absolute Gasteiger partial charge is 0.191 e. The second-order valence-corrected chi connectivity index (χ2v) is 12.4. The predicted octanol–water partition coefficient (Wildman–Crippen LogP) is 3.43. The van der Waals surface area contributed by atoms with Crippen molar-refractivity contribution in [3.05, 3.63) is 24.8 Å². The van der Waals surface area contributed by atoms with Gasteiger partial charge in [-0.1, -0.05) is 33.8 Å². The van der Waals surface area contributed by atoms with Crippen LogP contribution in [0, 0.1) is 5.92 Å². The normalized spacial score (nSPS) is 27.8. The van der Waals surface area contributed by atoms with E-state index >= 15 is 0 Å². The largest absolute Gasteiger partial charge is 0.417 e. The average Bonchev–Trinajstić information content (AvgIpc) is 2.39. The summed E-state index contributed by atoms with van der Waals surface area (Å²) in [5, 5.41) is 10.7. The molecular weight excluding hydrogens is 296 g/mol. The molecule has 1 rings (SSSR count). The van der Waals surface area contributed by atoms with Crippen LogP contribution in [0.3, 0.4) is 0 Å². The number of ether oxygens (including phenoxy) is 1. The van der Waals surface area contributed by atoms with Crippen molar-refractivity contribution < 1.29 is 19.1 Å². The third-order valence-electron chi connectivity index (χ3n) is 4.70. The first-order valence-corrected chi connectivity index (χ1v) is 10.7. The van der Waals surface area contributed by atoms with Gasteiger partial charge in [-0.3, -0.25) is 4.79 Å². The van der Waals surface area contributed by atoms with Gasteiger partial charge in [0.05, 0.1) is 0 Å². The third kappa shape index (κ3) is 4.62. The van der Waals surface area contributed by atoms with Gasteiger partial charge in [0.1, 0.15) is 6.10 Å². The molecule has 0 saturated carbocycles. The van der Waals surface area contributed by atoms with Crippen molar-refractivity contribution in [1.82, 2.24) is 0 Å². The van der Waals surface area contributed by atoms with Crippen molar-refractivity contribution in [2.45, 2.75) is 64.1 Å². The van der Waals surface area contributed by atoms with Crippen molar-refractivity contribution in [2.24, 2.45) is 5.92 Å². The molecule has 0 aromatic carbocycles. The van der Waals surface area contributed by atoms with Crippen LogP contribution in [0.25, 0.3) is 0 Å². The Labute approximate surface area is 135 Å². The van der Waals surface area contributed by atoms with Crippen molar-refractivity contribution in [2.75, 3.05) is 6.61 Å². The minimum Gasteiger partial charge on any atom is -0.417 e. The molecule has 0 aromatic rings. The Morgan fingerprint density at radius 3 is 2.64 bits per heavy atom. The average molecular weight is 327 g/mol. The zero-order chi connectivity index (χ0) is 17.2. The Bertz CT molecular complexity index is 450. The third-order valence-corrected chi connectivity index (χ3v) is 9.24. The Balaban J connectivity index is 2.67. The summed E-state index contributed by atoms with van der Waals surface area (Å²) in [6, 6.07) is 0. The maximum atomic E-state index is 11.9. The molecule has 5 heteroatoms.